The molecule has 0 aliphatic rings. The maximum absolute atomic E-state index is 11.9. The highest BCUT2D eigenvalue weighted by atomic mass is 16.2. The number of hydrogen-bond donors (Lipinski definition) is 1. The van der Waals surface area contributed by atoms with Gasteiger partial charge in [-0.2, -0.15) is 0 Å². The number of pyridine rings is 1. The van der Waals surface area contributed by atoms with E-state index in [-0.39, 0.29) is 5.91 Å². The van der Waals surface area contributed by atoms with Crippen molar-refractivity contribution in [2.75, 3.05) is 26.7 Å². The SMILES string of the molecule is CCCCCNCCC(=O)N(C)CCc1ccncc1. The van der Waals surface area contributed by atoms with Crippen molar-refractivity contribution in [1.29, 1.82) is 0 Å². The van der Waals surface area contributed by atoms with E-state index in [1.807, 2.05) is 24.1 Å². The van der Waals surface area contributed by atoms with E-state index in [0.29, 0.717) is 6.42 Å². The number of unbranched alkanes of at least 4 members (excludes halogenated alkanes) is 2. The molecule has 0 aromatic carbocycles. The number of rotatable bonds is 10. The molecule has 0 unspecified atom stereocenters. The smallest absolute Gasteiger partial charge is 0.223 e. The van der Waals surface area contributed by atoms with E-state index in [4.69, 9.17) is 0 Å². The van der Waals surface area contributed by atoms with E-state index in [1.54, 1.807) is 12.4 Å². The van der Waals surface area contributed by atoms with Gasteiger partial charge in [-0.1, -0.05) is 19.8 Å². The summed E-state index contributed by atoms with van der Waals surface area (Å²) < 4.78 is 0. The summed E-state index contributed by atoms with van der Waals surface area (Å²) in [6.45, 7) is 4.75. The van der Waals surface area contributed by atoms with Gasteiger partial charge in [-0.3, -0.25) is 9.78 Å². The highest BCUT2D eigenvalue weighted by Crippen LogP contribution is 2.00. The molecule has 1 aromatic heterocycles. The maximum atomic E-state index is 11.9. The van der Waals surface area contributed by atoms with Crippen molar-refractivity contribution in [2.45, 2.75) is 39.0 Å². The number of carbonyl (C=O) groups excluding carboxylic acids is 1. The van der Waals surface area contributed by atoms with Crippen molar-refractivity contribution in [3.63, 3.8) is 0 Å². The molecule has 4 nitrogen and oxygen atoms in total. The van der Waals surface area contributed by atoms with Crippen LogP contribution in [0.3, 0.4) is 0 Å². The van der Waals surface area contributed by atoms with Gasteiger partial charge in [-0.05, 0) is 37.1 Å². The van der Waals surface area contributed by atoms with Gasteiger partial charge >= 0.3 is 0 Å². The van der Waals surface area contributed by atoms with Crippen molar-refractivity contribution in [3.8, 4) is 0 Å². The number of hydrogen-bond acceptors (Lipinski definition) is 3. The van der Waals surface area contributed by atoms with Crippen LogP contribution in [0.5, 0.6) is 0 Å². The number of likely N-dealkylation sites (N-methyl/N-ethyl adjacent to an activating group) is 1. The average Bonchev–Trinajstić information content (AvgIpc) is 2.49. The molecule has 0 aliphatic carbocycles. The van der Waals surface area contributed by atoms with Crippen LogP contribution in [0.1, 0.15) is 38.2 Å². The van der Waals surface area contributed by atoms with E-state index < -0.39 is 0 Å². The summed E-state index contributed by atoms with van der Waals surface area (Å²) in [4.78, 5) is 17.7. The Morgan fingerprint density at radius 1 is 1.25 bits per heavy atom. The van der Waals surface area contributed by atoms with Gasteiger partial charge in [0.15, 0.2) is 0 Å². The number of nitrogens with one attached hydrogen (secondary N) is 1. The van der Waals surface area contributed by atoms with Crippen LogP contribution in [0.4, 0.5) is 0 Å². The molecule has 1 aromatic rings. The first-order valence-corrected chi connectivity index (χ1v) is 7.57. The van der Waals surface area contributed by atoms with E-state index in [0.717, 1.165) is 26.1 Å². The van der Waals surface area contributed by atoms with Gasteiger partial charge in [0.1, 0.15) is 0 Å². The third-order valence-corrected chi connectivity index (χ3v) is 3.38. The second-order valence-electron chi connectivity index (χ2n) is 5.13. The molecule has 20 heavy (non-hydrogen) atoms. The summed E-state index contributed by atoms with van der Waals surface area (Å²) in [5.74, 6) is 0.210. The fourth-order valence-corrected chi connectivity index (χ4v) is 1.98. The molecule has 0 saturated heterocycles. The van der Waals surface area contributed by atoms with Gasteiger partial charge in [-0.25, -0.2) is 0 Å². The Morgan fingerprint density at radius 2 is 2.00 bits per heavy atom. The van der Waals surface area contributed by atoms with Crippen LogP contribution in [0.2, 0.25) is 0 Å². The van der Waals surface area contributed by atoms with Crippen molar-refractivity contribution < 1.29 is 4.79 Å². The zero-order valence-electron chi connectivity index (χ0n) is 12.8. The predicted molar refractivity (Wildman–Crippen MR) is 82.6 cm³/mol. The van der Waals surface area contributed by atoms with Gasteiger partial charge in [0.25, 0.3) is 0 Å². The Hall–Kier alpha value is -1.42. The third kappa shape index (κ3) is 7.24. The van der Waals surface area contributed by atoms with Gasteiger partial charge in [-0.15, -0.1) is 0 Å². The first-order valence-electron chi connectivity index (χ1n) is 7.57. The maximum Gasteiger partial charge on any atom is 0.223 e. The topological polar surface area (TPSA) is 45.2 Å². The number of nitrogens with zero attached hydrogens (tertiary/aromatic N) is 2. The van der Waals surface area contributed by atoms with Gasteiger partial charge in [0, 0.05) is 39.0 Å². The fourth-order valence-electron chi connectivity index (χ4n) is 1.98. The monoisotopic (exact) mass is 277 g/mol. The second-order valence-corrected chi connectivity index (χ2v) is 5.13. The van der Waals surface area contributed by atoms with Crippen LogP contribution in [0.25, 0.3) is 0 Å². The van der Waals surface area contributed by atoms with E-state index in [1.165, 1.54) is 24.8 Å². The number of carbonyl (C=O) groups is 1. The summed E-state index contributed by atoms with van der Waals surface area (Å²) in [5, 5.41) is 3.32. The van der Waals surface area contributed by atoms with E-state index >= 15 is 0 Å². The lowest BCUT2D eigenvalue weighted by molar-refractivity contribution is -0.129. The predicted octanol–water partition coefficient (Wildman–Crippen LogP) is 2.25. The van der Waals surface area contributed by atoms with E-state index in [9.17, 15) is 4.79 Å². The van der Waals surface area contributed by atoms with Gasteiger partial charge < -0.3 is 10.2 Å². The largest absolute Gasteiger partial charge is 0.345 e. The van der Waals surface area contributed by atoms with Crippen LogP contribution >= 0.6 is 0 Å². The first-order chi connectivity index (χ1) is 9.74. The molecule has 0 bridgehead atoms. The Balaban J connectivity index is 2.10. The standard InChI is InChI=1S/C16H27N3O/c1-3-4-5-10-17-13-8-16(20)19(2)14-9-15-6-11-18-12-7-15/h6-7,11-12,17H,3-5,8-10,13-14H2,1-2H3. The van der Waals surface area contributed by atoms with Crippen LogP contribution in [-0.4, -0.2) is 42.5 Å². The molecule has 0 atom stereocenters. The molecule has 1 N–H and O–H groups in total. The number of amides is 1. The zero-order valence-corrected chi connectivity index (χ0v) is 12.8. The van der Waals surface area contributed by atoms with Crippen LogP contribution in [0, 0.1) is 0 Å². The lowest BCUT2D eigenvalue weighted by Crippen LogP contribution is -2.31. The molecule has 4 heteroatoms. The number of aromatic nitrogens is 1. The molecule has 0 spiro atoms. The minimum atomic E-state index is 0.210. The Labute approximate surface area is 122 Å². The molecule has 1 rings (SSSR count). The third-order valence-electron chi connectivity index (χ3n) is 3.38. The quantitative estimate of drug-likeness (QED) is 0.667. The summed E-state index contributed by atoms with van der Waals surface area (Å²) in [5.41, 5.74) is 1.22. The highest BCUT2D eigenvalue weighted by molar-refractivity contribution is 5.76. The van der Waals surface area contributed by atoms with Crippen LogP contribution < -0.4 is 5.32 Å². The fraction of sp³-hybridized carbons (Fsp3) is 0.625. The second kappa shape index (κ2) is 10.4. The first kappa shape index (κ1) is 16.6. The molecular weight excluding hydrogens is 250 g/mol. The lowest BCUT2D eigenvalue weighted by Gasteiger charge is -2.17. The van der Waals surface area contributed by atoms with Crippen molar-refractivity contribution in [2.24, 2.45) is 0 Å². The molecule has 0 saturated carbocycles. The highest BCUT2D eigenvalue weighted by Gasteiger charge is 2.07. The zero-order chi connectivity index (χ0) is 14.6. The van der Waals surface area contributed by atoms with Crippen LogP contribution in [-0.2, 0) is 11.2 Å². The molecule has 0 fully saturated rings. The molecule has 112 valence electrons. The minimum Gasteiger partial charge on any atom is -0.345 e. The summed E-state index contributed by atoms with van der Waals surface area (Å²) in [6, 6.07) is 3.99. The molecule has 0 radical (unpaired) electrons. The molecular formula is C16H27N3O. The molecule has 1 amide bonds. The summed E-state index contributed by atoms with van der Waals surface area (Å²) in [7, 11) is 1.88. The summed E-state index contributed by atoms with van der Waals surface area (Å²) >= 11 is 0. The average molecular weight is 277 g/mol. The Kier molecular flexibility index (Phi) is 8.63. The Morgan fingerprint density at radius 3 is 2.70 bits per heavy atom. The molecule has 1 heterocycles. The van der Waals surface area contributed by atoms with Crippen molar-refractivity contribution in [1.82, 2.24) is 15.2 Å². The van der Waals surface area contributed by atoms with E-state index in [2.05, 4.69) is 17.2 Å². The van der Waals surface area contributed by atoms with Gasteiger partial charge in [0.2, 0.25) is 5.91 Å². The van der Waals surface area contributed by atoms with Crippen LogP contribution in [0.15, 0.2) is 24.5 Å². The van der Waals surface area contributed by atoms with Crippen molar-refractivity contribution in [3.05, 3.63) is 30.1 Å². The minimum absolute atomic E-state index is 0.210. The van der Waals surface area contributed by atoms with Crippen molar-refractivity contribution >= 4 is 5.91 Å². The summed E-state index contributed by atoms with van der Waals surface area (Å²) in [6.07, 6.45) is 8.73. The normalized spacial score (nSPS) is 10.5. The van der Waals surface area contributed by atoms with Gasteiger partial charge in [0.05, 0.1) is 0 Å². The lowest BCUT2D eigenvalue weighted by atomic mass is 10.2. The molecule has 0 aliphatic heterocycles. The Bertz CT molecular complexity index is 367.